The van der Waals surface area contributed by atoms with Gasteiger partial charge in [-0.25, -0.2) is 23.1 Å². The molecule has 0 bridgehead atoms. The topological polar surface area (TPSA) is 101 Å². The van der Waals surface area contributed by atoms with Gasteiger partial charge in [0.05, 0.1) is 4.90 Å². The lowest BCUT2D eigenvalue weighted by atomic mass is 10.1. The fourth-order valence-electron chi connectivity index (χ4n) is 2.84. The molecule has 0 atom stereocenters. The van der Waals surface area contributed by atoms with E-state index in [4.69, 9.17) is 11.6 Å². The van der Waals surface area contributed by atoms with Gasteiger partial charge in [-0.1, -0.05) is 29.8 Å². The zero-order valence-electron chi connectivity index (χ0n) is 16.5. The molecule has 0 spiro atoms. The van der Waals surface area contributed by atoms with Crippen molar-refractivity contribution in [3.63, 3.8) is 0 Å². The summed E-state index contributed by atoms with van der Waals surface area (Å²) in [5, 5.41) is 3.38. The van der Waals surface area contributed by atoms with Gasteiger partial charge < -0.3 is 5.32 Å². The van der Waals surface area contributed by atoms with E-state index in [1.165, 1.54) is 24.3 Å². The van der Waals surface area contributed by atoms with Gasteiger partial charge >= 0.3 is 0 Å². The summed E-state index contributed by atoms with van der Waals surface area (Å²) in [6.07, 6.45) is 0.771. The molecule has 0 unspecified atom stereocenters. The van der Waals surface area contributed by atoms with Crippen molar-refractivity contribution in [2.75, 3.05) is 10.0 Å². The van der Waals surface area contributed by atoms with Crippen LogP contribution in [0.25, 0.3) is 0 Å². The summed E-state index contributed by atoms with van der Waals surface area (Å²) < 4.78 is 27.5. The second-order valence-electron chi connectivity index (χ2n) is 6.74. The Morgan fingerprint density at radius 1 is 1.00 bits per heavy atom. The number of benzene rings is 2. The van der Waals surface area contributed by atoms with E-state index in [1.54, 1.807) is 26.0 Å². The average Bonchev–Trinajstić information content (AvgIpc) is 2.66. The van der Waals surface area contributed by atoms with E-state index in [-0.39, 0.29) is 23.2 Å². The Bertz CT molecular complexity index is 1140. The lowest BCUT2D eigenvalue weighted by Crippen LogP contribution is -2.16. The second kappa shape index (κ2) is 9.23. The van der Waals surface area contributed by atoms with Crippen LogP contribution < -0.4 is 10.0 Å². The van der Waals surface area contributed by atoms with Crippen LogP contribution in [0.2, 0.25) is 5.02 Å². The monoisotopic (exact) mass is 444 g/mol. The standard InChI is InChI=1S/C21H21ClN4O3S/c1-14-13-15(2)24-21(23-14)26-30(28,29)18-10-8-17(9-11-18)25-20(27)12-7-16-5-3-4-6-19(16)22/h3-6,8-11,13H,7,12H2,1-2H3,(H,25,27)(H,23,24,26). The van der Waals surface area contributed by atoms with Crippen LogP contribution in [-0.4, -0.2) is 24.3 Å². The first-order valence-electron chi connectivity index (χ1n) is 9.21. The largest absolute Gasteiger partial charge is 0.326 e. The lowest BCUT2D eigenvalue weighted by molar-refractivity contribution is -0.116. The molecule has 0 aliphatic heterocycles. The third-order valence-corrected chi connectivity index (χ3v) is 5.95. The number of amides is 1. The van der Waals surface area contributed by atoms with Gasteiger partial charge in [0.15, 0.2) is 0 Å². The number of nitrogens with one attached hydrogen (secondary N) is 2. The number of aromatic nitrogens is 2. The second-order valence-corrected chi connectivity index (χ2v) is 8.83. The van der Waals surface area contributed by atoms with Gasteiger partial charge in [-0.3, -0.25) is 4.79 Å². The minimum atomic E-state index is -3.85. The van der Waals surface area contributed by atoms with E-state index in [0.717, 1.165) is 5.56 Å². The van der Waals surface area contributed by atoms with Gasteiger partial charge in [-0.15, -0.1) is 0 Å². The highest BCUT2D eigenvalue weighted by molar-refractivity contribution is 7.92. The third kappa shape index (κ3) is 5.77. The Labute approximate surface area is 180 Å². The summed E-state index contributed by atoms with van der Waals surface area (Å²) in [7, 11) is -3.85. The normalized spacial score (nSPS) is 11.2. The van der Waals surface area contributed by atoms with Crippen molar-refractivity contribution in [3.8, 4) is 0 Å². The van der Waals surface area contributed by atoms with Gasteiger partial charge in [0.25, 0.3) is 10.0 Å². The third-order valence-electron chi connectivity index (χ3n) is 4.24. The average molecular weight is 445 g/mol. The molecule has 9 heteroatoms. The molecule has 0 radical (unpaired) electrons. The van der Waals surface area contributed by atoms with Crippen molar-refractivity contribution >= 4 is 39.2 Å². The van der Waals surface area contributed by atoms with Gasteiger partial charge in [0, 0.05) is 28.5 Å². The van der Waals surface area contributed by atoms with Gasteiger partial charge in [-0.05, 0) is 62.2 Å². The van der Waals surface area contributed by atoms with E-state index in [1.807, 2.05) is 18.2 Å². The van der Waals surface area contributed by atoms with Crippen molar-refractivity contribution in [2.45, 2.75) is 31.6 Å². The van der Waals surface area contributed by atoms with Crippen LogP contribution in [0.5, 0.6) is 0 Å². The molecule has 7 nitrogen and oxygen atoms in total. The molecule has 0 fully saturated rings. The maximum Gasteiger partial charge on any atom is 0.264 e. The molecule has 1 amide bonds. The number of nitrogens with zero attached hydrogens (tertiary/aromatic N) is 2. The predicted octanol–water partition coefficient (Wildman–Crippen LogP) is 4.12. The van der Waals surface area contributed by atoms with E-state index in [0.29, 0.717) is 28.5 Å². The Kier molecular flexibility index (Phi) is 6.69. The number of aryl methyl sites for hydroxylation is 3. The molecule has 3 rings (SSSR count). The van der Waals surface area contributed by atoms with Crippen molar-refractivity contribution in [1.29, 1.82) is 0 Å². The number of rotatable bonds is 7. The van der Waals surface area contributed by atoms with Crippen LogP contribution in [0, 0.1) is 13.8 Å². The number of hydrogen-bond donors (Lipinski definition) is 2. The fraction of sp³-hybridized carbons (Fsp3) is 0.190. The molecule has 0 saturated carbocycles. The highest BCUT2D eigenvalue weighted by atomic mass is 35.5. The maximum atomic E-state index is 12.6. The van der Waals surface area contributed by atoms with E-state index < -0.39 is 10.0 Å². The number of sulfonamides is 1. The summed E-state index contributed by atoms with van der Waals surface area (Å²) in [6.45, 7) is 3.52. The summed E-state index contributed by atoms with van der Waals surface area (Å²) in [5.74, 6) is -0.170. The van der Waals surface area contributed by atoms with Crippen molar-refractivity contribution in [1.82, 2.24) is 9.97 Å². The molecule has 2 N–H and O–H groups in total. The molecule has 0 saturated heterocycles. The molecule has 30 heavy (non-hydrogen) atoms. The molecule has 1 aromatic heterocycles. The summed E-state index contributed by atoms with van der Waals surface area (Å²) in [6, 6.07) is 15.0. The lowest BCUT2D eigenvalue weighted by Gasteiger charge is -2.10. The molecule has 156 valence electrons. The van der Waals surface area contributed by atoms with E-state index in [2.05, 4.69) is 20.0 Å². The smallest absolute Gasteiger partial charge is 0.264 e. The van der Waals surface area contributed by atoms with Crippen LogP contribution in [-0.2, 0) is 21.2 Å². The number of anilines is 2. The molecule has 3 aromatic rings. The Morgan fingerprint density at radius 2 is 1.63 bits per heavy atom. The zero-order valence-corrected chi connectivity index (χ0v) is 18.1. The van der Waals surface area contributed by atoms with Crippen LogP contribution in [0.15, 0.2) is 59.5 Å². The highest BCUT2D eigenvalue weighted by Gasteiger charge is 2.16. The first kappa shape index (κ1) is 21.7. The number of hydrogen-bond acceptors (Lipinski definition) is 5. The summed E-state index contributed by atoms with van der Waals surface area (Å²) >= 11 is 6.10. The molecule has 2 aromatic carbocycles. The first-order chi connectivity index (χ1) is 14.2. The van der Waals surface area contributed by atoms with Crippen LogP contribution in [0.4, 0.5) is 11.6 Å². The van der Waals surface area contributed by atoms with Gasteiger partial charge in [0.2, 0.25) is 11.9 Å². The van der Waals surface area contributed by atoms with Crippen LogP contribution >= 0.6 is 11.6 Å². The molecular formula is C21H21ClN4O3S. The zero-order chi connectivity index (χ0) is 21.7. The van der Waals surface area contributed by atoms with Gasteiger partial charge in [-0.2, -0.15) is 0 Å². The molecule has 1 heterocycles. The minimum Gasteiger partial charge on any atom is -0.326 e. The molecule has 0 aliphatic carbocycles. The highest BCUT2D eigenvalue weighted by Crippen LogP contribution is 2.19. The Hall–Kier alpha value is -2.97. The minimum absolute atomic E-state index is 0.0180. The Morgan fingerprint density at radius 3 is 2.27 bits per heavy atom. The van der Waals surface area contributed by atoms with E-state index in [9.17, 15) is 13.2 Å². The molecular weight excluding hydrogens is 424 g/mol. The van der Waals surface area contributed by atoms with Crippen LogP contribution in [0.3, 0.4) is 0 Å². The number of carbonyl (C=O) groups excluding carboxylic acids is 1. The first-order valence-corrected chi connectivity index (χ1v) is 11.1. The number of carbonyl (C=O) groups is 1. The Balaban J connectivity index is 1.62. The predicted molar refractivity (Wildman–Crippen MR) is 117 cm³/mol. The number of halogens is 1. The fourth-order valence-corrected chi connectivity index (χ4v) is 4.02. The van der Waals surface area contributed by atoms with Crippen molar-refractivity contribution < 1.29 is 13.2 Å². The van der Waals surface area contributed by atoms with Crippen molar-refractivity contribution in [2.24, 2.45) is 0 Å². The maximum absolute atomic E-state index is 12.6. The van der Waals surface area contributed by atoms with Crippen molar-refractivity contribution in [3.05, 3.63) is 76.6 Å². The summed E-state index contributed by atoms with van der Waals surface area (Å²) in [4.78, 5) is 20.4. The summed E-state index contributed by atoms with van der Waals surface area (Å²) in [5.41, 5.74) is 2.72. The SMILES string of the molecule is Cc1cc(C)nc(NS(=O)(=O)c2ccc(NC(=O)CCc3ccccc3Cl)cc2)n1. The molecule has 0 aliphatic rings. The van der Waals surface area contributed by atoms with Crippen LogP contribution in [0.1, 0.15) is 23.4 Å². The van der Waals surface area contributed by atoms with Gasteiger partial charge in [0.1, 0.15) is 0 Å². The quantitative estimate of drug-likeness (QED) is 0.570. The van der Waals surface area contributed by atoms with E-state index >= 15 is 0 Å².